The van der Waals surface area contributed by atoms with Crippen molar-refractivity contribution in [2.75, 3.05) is 0 Å². The van der Waals surface area contributed by atoms with Gasteiger partial charge in [0, 0.05) is 82.1 Å². The monoisotopic (exact) mass is 1120 g/mol. The summed E-state index contributed by atoms with van der Waals surface area (Å²) in [5.41, 5.74) is 20.8. The predicted octanol–water partition coefficient (Wildman–Crippen LogP) is 21.6. The molecule has 0 N–H and O–H groups in total. The van der Waals surface area contributed by atoms with Crippen LogP contribution in [0.4, 0.5) is 0 Å². The number of hydrogen-bond acceptors (Lipinski definition) is 5. The van der Waals surface area contributed by atoms with Crippen LogP contribution in [0, 0.1) is 0 Å². The summed E-state index contributed by atoms with van der Waals surface area (Å²) in [7, 11) is 0. The molecule has 8 nitrogen and oxygen atoms in total. The summed E-state index contributed by atoms with van der Waals surface area (Å²) in [4.78, 5) is 11.0. The van der Waals surface area contributed by atoms with E-state index >= 15 is 0 Å². The average Bonchev–Trinajstić information content (AvgIpc) is 1.67. The summed E-state index contributed by atoms with van der Waals surface area (Å²) in [5.74, 6) is 0.640. The molecule has 8 heteroatoms. The molecule has 408 valence electrons. The molecule has 0 aliphatic heterocycles. The lowest BCUT2D eigenvalue weighted by molar-refractivity contribution is 0.672. The number of rotatable bonds is 6. The molecule has 0 spiro atoms. The zero-order valence-electron chi connectivity index (χ0n) is 46.9. The van der Waals surface area contributed by atoms with E-state index in [-0.39, 0.29) is 0 Å². The van der Waals surface area contributed by atoms with Crippen molar-refractivity contribution in [1.29, 1.82) is 0 Å². The van der Waals surface area contributed by atoms with E-state index in [2.05, 4.69) is 262 Å². The van der Waals surface area contributed by atoms with E-state index in [1.165, 1.54) is 0 Å². The molecule has 0 fully saturated rings. The van der Waals surface area contributed by atoms with Crippen molar-refractivity contribution in [2.45, 2.75) is 0 Å². The highest BCUT2D eigenvalue weighted by atomic mass is 16.3. The second kappa shape index (κ2) is 17.8. The molecule has 0 aliphatic rings. The Morgan fingerprint density at radius 3 is 1.11 bits per heavy atom. The number of aromatic nitrogens is 5. The fourth-order valence-electron chi connectivity index (χ4n) is 14.5. The molecular weight excluding hydrogens is 1080 g/mol. The normalized spacial score (nSPS) is 12.3. The lowest BCUT2D eigenvalue weighted by Gasteiger charge is -2.14. The van der Waals surface area contributed by atoms with E-state index in [4.69, 9.17) is 23.2 Å². The summed E-state index contributed by atoms with van der Waals surface area (Å²) in [6.45, 7) is 0. The molecule has 0 amide bonds. The number of benzene rings is 13. The van der Waals surface area contributed by atoms with Gasteiger partial charge in [0.25, 0.3) is 0 Å². The van der Waals surface area contributed by atoms with Crippen LogP contribution in [0.2, 0.25) is 0 Å². The Labute approximate surface area is 500 Å². The molecular formula is C80H45N5O3. The molecule has 0 unspecified atom stereocenters. The molecule has 0 aliphatic carbocycles. The van der Waals surface area contributed by atoms with E-state index in [1.807, 2.05) is 24.3 Å². The topological polar surface area (TPSA) is 80.0 Å². The number of hydrogen-bond donors (Lipinski definition) is 0. The van der Waals surface area contributed by atoms with Gasteiger partial charge in [0.05, 0.1) is 60.5 Å². The number of furan rings is 3. The van der Waals surface area contributed by atoms with Crippen LogP contribution in [0.25, 0.3) is 193 Å². The number of nitrogens with zero attached hydrogens (tertiary/aromatic N) is 5. The average molecular weight is 1120 g/mol. The highest BCUT2D eigenvalue weighted by Crippen LogP contribution is 2.45. The van der Waals surface area contributed by atoms with Crippen LogP contribution in [0.15, 0.2) is 286 Å². The highest BCUT2D eigenvalue weighted by molar-refractivity contribution is 6.26. The lowest BCUT2D eigenvalue weighted by Crippen LogP contribution is -1.98. The van der Waals surface area contributed by atoms with E-state index in [0.717, 1.165) is 187 Å². The van der Waals surface area contributed by atoms with Crippen LogP contribution >= 0.6 is 0 Å². The standard InChI is InChI=1S/C80H45N5O3/c1-7-22-64-59(19-1)73-67(41-37-56-53-16-4-10-25-70(53)86-77(56)73)83(64)50-33-28-46(29-34-50)76-62-45-49(48-14-13-15-52(44-48)85-66-24-9-3-21-61(66)75-69(85)43-39-58-55-18-6-12-27-72(55)88-79(58)75)32-40-63(62)81-80(82-76)47-30-35-51(36-31-47)84-65-23-8-2-20-60(65)74-68(84)42-38-57-54-17-5-11-26-71(54)87-78(57)74/h1-45H. The largest absolute Gasteiger partial charge is 0.455 e. The maximum Gasteiger partial charge on any atom is 0.160 e. The van der Waals surface area contributed by atoms with E-state index in [9.17, 15) is 0 Å². The lowest BCUT2D eigenvalue weighted by atomic mass is 9.99. The molecule has 0 saturated heterocycles. The summed E-state index contributed by atoms with van der Waals surface area (Å²) < 4.78 is 27.0. The molecule has 0 saturated carbocycles. The van der Waals surface area contributed by atoms with E-state index < -0.39 is 0 Å². The maximum absolute atomic E-state index is 6.66. The second-order valence-electron chi connectivity index (χ2n) is 23.1. The van der Waals surface area contributed by atoms with E-state index in [0.29, 0.717) is 5.82 Å². The first-order valence-corrected chi connectivity index (χ1v) is 29.8. The van der Waals surface area contributed by atoms with E-state index in [1.54, 1.807) is 0 Å². The molecule has 7 aromatic heterocycles. The van der Waals surface area contributed by atoms with Gasteiger partial charge >= 0.3 is 0 Å². The second-order valence-corrected chi connectivity index (χ2v) is 23.1. The van der Waals surface area contributed by atoms with Crippen LogP contribution in [-0.2, 0) is 0 Å². The zero-order chi connectivity index (χ0) is 57.3. The van der Waals surface area contributed by atoms with Crippen molar-refractivity contribution in [1.82, 2.24) is 23.7 Å². The van der Waals surface area contributed by atoms with Crippen LogP contribution in [-0.4, -0.2) is 23.7 Å². The zero-order valence-corrected chi connectivity index (χ0v) is 46.9. The summed E-state index contributed by atoms with van der Waals surface area (Å²) in [5, 5.41) is 14.4. The molecule has 0 atom stereocenters. The van der Waals surface area contributed by atoms with Crippen LogP contribution < -0.4 is 0 Å². The van der Waals surface area contributed by atoms with Crippen LogP contribution in [0.5, 0.6) is 0 Å². The van der Waals surface area contributed by atoms with Gasteiger partial charge in [-0.3, -0.25) is 0 Å². The van der Waals surface area contributed by atoms with Crippen molar-refractivity contribution < 1.29 is 13.3 Å². The Bertz CT molecular complexity index is 6370. The van der Waals surface area contributed by atoms with Crippen molar-refractivity contribution in [3.63, 3.8) is 0 Å². The SMILES string of the molecule is c1cc(-c2ccc3nc(-c4ccc(-n5c6ccccc6c6c7oc8ccccc8c7ccc65)cc4)nc(-c4ccc(-n5c6ccccc6c6c7oc8ccccc8c7ccc65)cc4)c3c2)cc(-n2c3ccccc3c3c4oc5ccccc5c4ccc32)c1. The Hall–Kier alpha value is -12.0. The van der Waals surface area contributed by atoms with Gasteiger partial charge in [-0.05, 0) is 145 Å². The van der Waals surface area contributed by atoms with Gasteiger partial charge < -0.3 is 27.0 Å². The van der Waals surface area contributed by atoms with Crippen LogP contribution in [0.3, 0.4) is 0 Å². The van der Waals surface area contributed by atoms with Gasteiger partial charge in [-0.15, -0.1) is 0 Å². The van der Waals surface area contributed by atoms with Gasteiger partial charge in [0.1, 0.15) is 33.5 Å². The third-order valence-electron chi connectivity index (χ3n) is 18.5. The predicted molar refractivity (Wildman–Crippen MR) is 361 cm³/mol. The molecule has 20 rings (SSSR count). The molecule has 20 aromatic rings. The van der Waals surface area contributed by atoms with Crippen molar-refractivity contribution in [2.24, 2.45) is 0 Å². The fourth-order valence-corrected chi connectivity index (χ4v) is 14.5. The number of fused-ring (bicyclic) bond motifs is 22. The minimum absolute atomic E-state index is 0.640. The fraction of sp³-hybridized carbons (Fsp3) is 0. The number of para-hydroxylation sites is 6. The first-order chi connectivity index (χ1) is 43.6. The Kier molecular flexibility index (Phi) is 9.57. The minimum Gasteiger partial charge on any atom is -0.455 e. The summed E-state index contributed by atoms with van der Waals surface area (Å²) in [6.07, 6.45) is 0. The van der Waals surface area contributed by atoms with Gasteiger partial charge in [0.2, 0.25) is 0 Å². The molecule has 7 heterocycles. The highest BCUT2D eigenvalue weighted by Gasteiger charge is 2.24. The molecule has 0 radical (unpaired) electrons. The first-order valence-electron chi connectivity index (χ1n) is 29.8. The quantitative estimate of drug-likeness (QED) is 0.166. The Morgan fingerprint density at radius 2 is 0.636 bits per heavy atom. The Balaban J connectivity index is 0.743. The van der Waals surface area contributed by atoms with Crippen LogP contribution in [0.1, 0.15) is 0 Å². The Morgan fingerprint density at radius 1 is 0.239 bits per heavy atom. The van der Waals surface area contributed by atoms with Gasteiger partial charge in [0.15, 0.2) is 5.82 Å². The van der Waals surface area contributed by atoms with Gasteiger partial charge in [-0.25, -0.2) is 9.97 Å². The molecule has 0 bridgehead atoms. The van der Waals surface area contributed by atoms with Crippen molar-refractivity contribution in [3.8, 4) is 50.8 Å². The third kappa shape index (κ3) is 6.62. The maximum atomic E-state index is 6.66. The summed E-state index contributed by atoms with van der Waals surface area (Å²) in [6, 6.07) is 97.1. The minimum atomic E-state index is 0.640. The van der Waals surface area contributed by atoms with Gasteiger partial charge in [-0.1, -0.05) is 140 Å². The van der Waals surface area contributed by atoms with Crippen molar-refractivity contribution in [3.05, 3.63) is 273 Å². The van der Waals surface area contributed by atoms with Gasteiger partial charge in [-0.2, -0.15) is 0 Å². The van der Waals surface area contributed by atoms with Crippen molar-refractivity contribution >= 4 is 142 Å². The smallest absolute Gasteiger partial charge is 0.160 e. The molecule has 13 aromatic carbocycles. The third-order valence-corrected chi connectivity index (χ3v) is 18.5. The summed E-state index contributed by atoms with van der Waals surface area (Å²) >= 11 is 0. The molecule has 88 heavy (non-hydrogen) atoms. The first kappa shape index (κ1) is 47.4.